The van der Waals surface area contributed by atoms with Crippen molar-refractivity contribution in [3.63, 3.8) is 0 Å². The highest BCUT2D eigenvalue weighted by atomic mass is 35.5. The van der Waals surface area contributed by atoms with Crippen LogP contribution in [0.3, 0.4) is 0 Å². The highest BCUT2D eigenvalue weighted by Crippen LogP contribution is 2.30. The van der Waals surface area contributed by atoms with Crippen molar-refractivity contribution in [3.8, 4) is 11.5 Å². The summed E-state index contributed by atoms with van der Waals surface area (Å²) in [6, 6.07) is 5.63. The molecular weight excluding hydrogens is 290 g/mol. The summed E-state index contributed by atoms with van der Waals surface area (Å²) in [5.41, 5.74) is 0.998. The molecule has 0 saturated heterocycles. The molecule has 0 aliphatic carbocycles. The quantitative estimate of drug-likeness (QED) is 0.801. The van der Waals surface area contributed by atoms with Gasteiger partial charge in [0.15, 0.2) is 11.5 Å². The Hall–Kier alpha value is -0.980. The standard InChI is InChI=1S/C12H16ClNO4S/c13-4-8-19(15,16)14-5-3-10-1-2-11-12(9-10)18-7-6-17-11/h1-2,9,14H,3-8H2. The van der Waals surface area contributed by atoms with Crippen molar-refractivity contribution in [2.45, 2.75) is 6.42 Å². The van der Waals surface area contributed by atoms with Crippen LogP contribution in [0.2, 0.25) is 0 Å². The Morgan fingerprint density at radius 1 is 1.21 bits per heavy atom. The first-order valence-electron chi connectivity index (χ1n) is 6.02. The predicted octanol–water partition coefficient (Wildman–Crippen LogP) is 1.16. The van der Waals surface area contributed by atoms with Crippen LogP contribution in [0.5, 0.6) is 11.5 Å². The normalized spacial score (nSPS) is 14.4. The van der Waals surface area contributed by atoms with E-state index in [0.29, 0.717) is 31.9 Å². The Morgan fingerprint density at radius 2 is 1.95 bits per heavy atom. The van der Waals surface area contributed by atoms with Gasteiger partial charge in [0.2, 0.25) is 10.0 Å². The lowest BCUT2D eigenvalue weighted by Crippen LogP contribution is -2.29. The van der Waals surface area contributed by atoms with Crippen LogP contribution in [-0.2, 0) is 16.4 Å². The number of hydrogen-bond acceptors (Lipinski definition) is 4. The zero-order valence-corrected chi connectivity index (χ0v) is 12.0. The van der Waals surface area contributed by atoms with Crippen LogP contribution in [0.4, 0.5) is 0 Å². The maximum Gasteiger partial charge on any atom is 0.212 e. The van der Waals surface area contributed by atoms with Gasteiger partial charge in [-0.1, -0.05) is 6.07 Å². The van der Waals surface area contributed by atoms with Gasteiger partial charge in [-0.25, -0.2) is 13.1 Å². The topological polar surface area (TPSA) is 64.6 Å². The van der Waals surface area contributed by atoms with Gasteiger partial charge in [0.25, 0.3) is 0 Å². The van der Waals surface area contributed by atoms with Crippen LogP contribution >= 0.6 is 11.6 Å². The molecule has 0 aromatic heterocycles. The molecule has 0 fully saturated rings. The summed E-state index contributed by atoms with van der Waals surface area (Å²) < 4.78 is 36.2. The molecule has 5 nitrogen and oxygen atoms in total. The summed E-state index contributed by atoms with van der Waals surface area (Å²) in [5.74, 6) is 1.49. The second kappa shape index (κ2) is 6.45. The molecule has 0 bridgehead atoms. The third kappa shape index (κ3) is 4.26. The molecule has 1 aromatic rings. The van der Waals surface area contributed by atoms with E-state index in [0.717, 1.165) is 11.3 Å². The summed E-state index contributed by atoms with van der Waals surface area (Å²) in [5, 5.41) is 0. The van der Waals surface area contributed by atoms with E-state index >= 15 is 0 Å². The molecule has 7 heteroatoms. The number of sulfonamides is 1. The maximum absolute atomic E-state index is 11.4. The Morgan fingerprint density at radius 3 is 2.68 bits per heavy atom. The van der Waals surface area contributed by atoms with E-state index in [-0.39, 0.29) is 11.6 Å². The number of hydrogen-bond donors (Lipinski definition) is 1. The van der Waals surface area contributed by atoms with E-state index in [9.17, 15) is 8.42 Å². The smallest absolute Gasteiger partial charge is 0.212 e. The number of nitrogens with one attached hydrogen (secondary N) is 1. The van der Waals surface area contributed by atoms with Crippen LogP contribution in [0, 0.1) is 0 Å². The molecule has 1 N–H and O–H groups in total. The molecule has 0 saturated carbocycles. The number of fused-ring (bicyclic) bond motifs is 1. The first-order valence-corrected chi connectivity index (χ1v) is 8.21. The summed E-state index contributed by atoms with van der Waals surface area (Å²) in [4.78, 5) is 0. The fourth-order valence-corrected chi connectivity index (χ4v) is 3.14. The Labute approximate surface area is 117 Å². The minimum absolute atomic E-state index is 0.0598. The largest absolute Gasteiger partial charge is 0.486 e. The van der Waals surface area contributed by atoms with Gasteiger partial charge in [-0.3, -0.25) is 0 Å². The second-order valence-corrected chi connectivity index (χ2v) is 6.43. The lowest BCUT2D eigenvalue weighted by atomic mass is 10.1. The van der Waals surface area contributed by atoms with Gasteiger partial charge in [-0.05, 0) is 24.1 Å². The fourth-order valence-electron chi connectivity index (χ4n) is 1.77. The SMILES string of the molecule is O=S(=O)(CCCl)NCCc1ccc2c(c1)OCCO2. The van der Waals surface area contributed by atoms with Crippen molar-refractivity contribution in [3.05, 3.63) is 23.8 Å². The fraction of sp³-hybridized carbons (Fsp3) is 0.500. The minimum Gasteiger partial charge on any atom is -0.486 e. The molecule has 1 heterocycles. The number of ether oxygens (including phenoxy) is 2. The van der Waals surface area contributed by atoms with Crippen LogP contribution in [0.1, 0.15) is 5.56 Å². The van der Waals surface area contributed by atoms with E-state index in [1.165, 1.54) is 0 Å². The van der Waals surface area contributed by atoms with Crippen molar-refractivity contribution < 1.29 is 17.9 Å². The van der Waals surface area contributed by atoms with Gasteiger partial charge in [-0.15, -0.1) is 11.6 Å². The third-order valence-electron chi connectivity index (χ3n) is 2.69. The summed E-state index contributed by atoms with van der Waals surface area (Å²) in [7, 11) is -3.26. The van der Waals surface area contributed by atoms with Gasteiger partial charge in [0.1, 0.15) is 13.2 Å². The highest BCUT2D eigenvalue weighted by molar-refractivity contribution is 7.89. The third-order valence-corrected chi connectivity index (χ3v) is 4.49. The summed E-state index contributed by atoms with van der Waals surface area (Å²) in [6.07, 6.45) is 0.595. The Balaban J connectivity index is 1.90. The van der Waals surface area contributed by atoms with Crippen LogP contribution in [-0.4, -0.2) is 39.8 Å². The molecule has 106 valence electrons. The molecule has 0 atom stereocenters. The van der Waals surface area contributed by atoms with Crippen molar-refractivity contribution in [1.29, 1.82) is 0 Å². The lowest BCUT2D eigenvalue weighted by Gasteiger charge is -2.18. The molecule has 1 aromatic carbocycles. The number of rotatable bonds is 6. The maximum atomic E-state index is 11.4. The molecular formula is C12H16ClNO4S. The van der Waals surface area contributed by atoms with E-state index in [1.807, 2.05) is 18.2 Å². The number of halogens is 1. The van der Waals surface area contributed by atoms with E-state index in [4.69, 9.17) is 21.1 Å². The van der Waals surface area contributed by atoms with Gasteiger partial charge < -0.3 is 9.47 Å². The van der Waals surface area contributed by atoms with E-state index in [2.05, 4.69) is 4.72 Å². The first kappa shape index (κ1) is 14.4. The van der Waals surface area contributed by atoms with Crippen molar-refractivity contribution in [2.24, 2.45) is 0 Å². The lowest BCUT2D eigenvalue weighted by molar-refractivity contribution is 0.171. The summed E-state index contributed by atoms with van der Waals surface area (Å²) in [6.45, 7) is 1.45. The molecule has 0 unspecified atom stereocenters. The van der Waals surface area contributed by atoms with Gasteiger partial charge in [0, 0.05) is 12.4 Å². The molecule has 2 rings (SSSR count). The van der Waals surface area contributed by atoms with Gasteiger partial charge in [-0.2, -0.15) is 0 Å². The molecule has 0 spiro atoms. The predicted molar refractivity (Wildman–Crippen MR) is 73.6 cm³/mol. The van der Waals surface area contributed by atoms with Gasteiger partial charge in [0.05, 0.1) is 5.75 Å². The molecule has 1 aliphatic heterocycles. The average Bonchev–Trinajstić information content (AvgIpc) is 2.38. The van der Waals surface area contributed by atoms with Crippen LogP contribution in [0.25, 0.3) is 0 Å². The van der Waals surface area contributed by atoms with E-state index < -0.39 is 10.0 Å². The number of alkyl halides is 1. The zero-order valence-electron chi connectivity index (χ0n) is 10.4. The summed E-state index contributed by atoms with van der Waals surface area (Å²) >= 11 is 5.41. The number of benzene rings is 1. The van der Waals surface area contributed by atoms with Crippen molar-refractivity contribution in [1.82, 2.24) is 4.72 Å². The Kier molecular flexibility index (Phi) is 4.90. The van der Waals surface area contributed by atoms with Crippen LogP contribution < -0.4 is 14.2 Å². The van der Waals surface area contributed by atoms with E-state index in [1.54, 1.807) is 0 Å². The first-order chi connectivity index (χ1) is 9.11. The van der Waals surface area contributed by atoms with Gasteiger partial charge >= 0.3 is 0 Å². The van der Waals surface area contributed by atoms with Crippen molar-refractivity contribution >= 4 is 21.6 Å². The van der Waals surface area contributed by atoms with Crippen LogP contribution in [0.15, 0.2) is 18.2 Å². The monoisotopic (exact) mass is 305 g/mol. The molecule has 19 heavy (non-hydrogen) atoms. The Bertz CT molecular complexity index is 533. The minimum atomic E-state index is -3.26. The molecule has 1 aliphatic rings. The zero-order chi connectivity index (χ0) is 13.7. The highest BCUT2D eigenvalue weighted by Gasteiger charge is 2.12. The second-order valence-electron chi connectivity index (χ2n) is 4.13. The van der Waals surface area contributed by atoms with Crippen molar-refractivity contribution in [2.75, 3.05) is 31.4 Å². The molecule has 0 amide bonds. The average molecular weight is 306 g/mol. The molecule has 0 radical (unpaired) electrons.